The number of halogens is 1. The fourth-order valence-electron chi connectivity index (χ4n) is 2.53. The van der Waals surface area contributed by atoms with Crippen LogP contribution >= 0.6 is 0 Å². The van der Waals surface area contributed by atoms with Crippen molar-refractivity contribution in [3.05, 3.63) is 47.0 Å². The highest BCUT2D eigenvalue weighted by Gasteiger charge is 2.15. The van der Waals surface area contributed by atoms with Gasteiger partial charge in [-0.05, 0) is 44.7 Å². The minimum Gasteiger partial charge on any atom is -0.494 e. The van der Waals surface area contributed by atoms with E-state index in [4.69, 9.17) is 4.74 Å². The lowest BCUT2D eigenvalue weighted by atomic mass is 10.0. The van der Waals surface area contributed by atoms with Crippen LogP contribution in [0.2, 0.25) is 0 Å². The summed E-state index contributed by atoms with van der Waals surface area (Å²) in [5.74, 6) is -0.0709. The van der Waals surface area contributed by atoms with E-state index in [1.165, 1.54) is 13.2 Å². The first-order chi connectivity index (χ1) is 10.1. The zero-order valence-corrected chi connectivity index (χ0v) is 13.0. The van der Waals surface area contributed by atoms with Crippen LogP contribution in [0.5, 0.6) is 5.75 Å². The lowest BCUT2D eigenvalue weighted by molar-refractivity contribution is 0.385. The summed E-state index contributed by atoms with van der Waals surface area (Å²) in [4.78, 5) is 0. The molecule has 0 radical (unpaired) electrons. The van der Waals surface area contributed by atoms with Gasteiger partial charge in [-0.15, -0.1) is 0 Å². The predicted octanol–water partition coefficient (Wildman–Crippen LogP) is 2.86. The summed E-state index contributed by atoms with van der Waals surface area (Å²) in [5, 5.41) is 7.74. The van der Waals surface area contributed by atoms with Crippen LogP contribution in [0.15, 0.2) is 24.3 Å². The van der Waals surface area contributed by atoms with E-state index in [1.807, 2.05) is 18.7 Å². The number of aromatic nitrogens is 2. The average Bonchev–Trinajstić information content (AvgIpc) is 2.85. The van der Waals surface area contributed by atoms with Gasteiger partial charge in [0.15, 0.2) is 11.6 Å². The van der Waals surface area contributed by atoms with Crippen molar-refractivity contribution in [1.82, 2.24) is 15.1 Å². The molecule has 1 aromatic carbocycles. The third-order valence-electron chi connectivity index (χ3n) is 3.62. The van der Waals surface area contributed by atoms with Crippen molar-refractivity contribution >= 4 is 0 Å². The van der Waals surface area contributed by atoms with E-state index >= 15 is 0 Å². The van der Waals surface area contributed by atoms with Crippen molar-refractivity contribution in [3.63, 3.8) is 0 Å². The van der Waals surface area contributed by atoms with E-state index in [0.717, 1.165) is 29.9 Å². The van der Waals surface area contributed by atoms with Crippen LogP contribution in [0.25, 0.3) is 0 Å². The third kappa shape index (κ3) is 3.42. The van der Waals surface area contributed by atoms with E-state index in [2.05, 4.69) is 23.4 Å². The second-order valence-corrected chi connectivity index (χ2v) is 5.03. The Hall–Kier alpha value is -1.88. The maximum atomic E-state index is 13.5. The molecular formula is C16H22FN3O. The second kappa shape index (κ2) is 6.72. The predicted molar refractivity (Wildman–Crippen MR) is 81.1 cm³/mol. The molecule has 0 saturated heterocycles. The summed E-state index contributed by atoms with van der Waals surface area (Å²) in [6, 6.07) is 7.16. The molecule has 0 amide bonds. The number of benzene rings is 1. The van der Waals surface area contributed by atoms with Crippen LogP contribution in [0.4, 0.5) is 4.39 Å². The molecule has 2 rings (SSSR count). The minimum absolute atomic E-state index is 0.0842. The first-order valence-electron chi connectivity index (χ1n) is 7.13. The number of rotatable bonds is 6. The summed E-state index contributed by atoms with van der Waals surface area (Å²) in [6.45, 7) is 4.91. The molecule has 1 N–H and O–H groups in total. The molecule has 2 aromatic rings. The molecule has 0 aliphatic heterocycles. The van der Waals surface area contributed by atoms with E-state index in [-0.39, 0.29) is 17.6 Å². The van der Waals surface area contributed by atoms with E-state index in [9.17, 15) is 4.39 Å². The van der Waals surface area contributed by atoms with Gasteiger partial charge in [0.1, 0.15) is 0 Å². The second-order valence-electron chi connectivity index (χ2n) is 5.03. The monoisotopic (exact) mass is 291 g/mol. The zero-order valence-electron chi connectivity index (χ0n) is 13.0. The molecule has 0 saturated carbocycles. The molecule has 21 heavy (non-hydrogen) atoms. The number of hydrogen-bond acceptors (Lipinski definition) is 3. The van der Waals surface area contributed by atoms with E-state index < -0.39 is 0 Å². The highest BCUT2D eigenvalue weighted by molar-refractivity contribution is 5.33. The molecule has 4 nitrogen and oxygen atoms in total. The molecular weight excluding hydrogens is 269 g/mol. The van der Waals surface area contributed by atoms with Crippen molar-refractivity contribution in [2.45, 2.75) is 32.9 Å². The summed E-state index contributed by atoms with van der Waals surface area (Å²) in [7, 11) is 3.38. The van der Waals surface area contributed by atoms with Crippen molar-refractivity contribution in [1.29, 1.82) is 0 Å². The van der Waals surface area contributed by atoms with Crippen LogP contribution < -0.4 is 10.1 Å². The standard InChI is InChI=1S/C16H22FN3O/c1-5-20-13(8-11(2)19-20)10-15(18-3)12-6-7-14(17)16(9-12)21-4/h6-9,15,18H,5,10H2,1-4H3. The Balaban J connectivity index is 2.27. The fraction of sp³-hybridized carbons (Fsp3) is 0.438. The number of hydrogen-bond donors (Lipinski definition) is 1. The Labute approximate surface area is 124 Å². The van der Waals surface area contributed by atoms with Crippen LogP contribution in [-0.2, 0) is 13.0 Å². The molecule has 114 valence electrons. The van der Waals surface area contributed by atoms with Crippen molar-refractivity contribution < 1.29 is 9.13 Å². The van der Waals surface area contributed by atoms with E-state index in [0.29, 0.717) is 0 Å². The number of likely N-dealkylation sites (N-methyl/N-ethyl adjacent to an activating group) is 1. The Morgan fingerprint density at radius 2 is 2.14 bits per heavy atom. The molecule has 0 aliphatic rings. The van der Waals surface area contributed by atoms with Crippen LogP contribution in [-0.4, -0.2) is 23.9 Å². The van der Waals surface area contributed by atoms with Gasteiger partial charge in [0.05, 0.1) is 12.8 Å². The number of aryl methyl sites for hydroxylation is 2. The third-order valence-corrected chi connectivity index (χ3v) is 3.62. The number of methoxy groups -OCH3 is 1. The first kappa shape index (κ1) is 15.5. The van der Waals surface area contributed by atoms with Crippen LogP contribution in [0, 0.1) is 12.7 Å². The summed E-state index contributed by atoms with van der Waals surface area (Å²) in [5.41, 5.74) is 3.17. The smallest absolute Gasteiger partial charge is 0.165 e. The maximum absolute atomic E-state index is 13.5. The van der Waals surface area contributed by atoms with Crippen molar-refractivity contribution in [2.24, 2.45) is 0 Å². The lowest BCUT2D eigenvalue weighted by Crippen LogP contribution is -2.20. The van der Waals surface area contributed by atoms with Gasteiger partial charge in [-0.3, -0.25) is 4.68 Å². The SMILES string of the molecule is CCn1nc(C)cc1CC(NC)c1ccc(F)c(OC)c1. The Morgan fingerprint density at radius 3 is 2.76 bits per heavy atom. The summed E-state index contributed by atoms with van der Waals surface area (Å²) in [6.07, 6.45) is 0.792. The molecule has 1 atom stereocenters. The van der Waals surface area contributed by atoms with Crippen molar-refractivity contribution in [3.8, 4) is 5.75 Å². The van der Waals surface area contributed by atoms with Gasteiger partial charge in [-0.25, -0.2) is 4.39 Å². The van der Waals surface area contributed by atoms with Gasteiger partial charge in [0.2, 0.25) is 0 Å². The van der Waals surface area contributed by atoms with Gasteiger partial charge in [-0.1, -0.05) is 6.07 Å². The largest absolute Gasteiger partial charge is 0.494 e. The van der Waals surface area contributed by atoms with Gasteiger partial charge in [0.25, 0.3) is 0 Å². The molecule has 0 bridgehead atoms. The zero-order chi connectivity index (χ0) is 15.4. The normalized spacial score (nSPS) is 12.4. The molecule has 1 aromatic heterocycles. The number of nitrogens with one attached hydrogen (secondary N) is 1. The lowest BCUT2D eigenvalue weighted by Gasteiger charge is -2.18. The highest BCUT2D eigenvalue weighted by atomic mass is 19.1. The van der Waals surface area contributed by atoms with Gasteiger partial charge in [-0.2, -0.15) is 5.10 Å². The fourth-order valence-corrected chi connectivity index (χ4v) is 2.53. The highest BCUT2D eigenvalue weighted by Crippen LogP contribution is 2.25. The number of ether oxygens (including phenoxy) is 1. The molecule has 1 heterocycles. The minimum atomic E-state index is -0.342. The van der Waals surface area contributed by atoms with Gasteiger partial charge >= 0.3 is 0 Å². The molecule has 0 spiro atoms. The van der Waals surface area contributed by atoms with Gasteiger partial charge in [0, 0.05) is 24.7 Å². The average molecular weight is 291 g/mol. The first-order valence-corrected chi connectivity index (χ1v) is 7.13. The van der Waals surface area contributed by atoms with Crippen LogP contribution in [0.1, 0.15) is 29.9 Å². The maximum Gasteiger partial charge on any atom is 0.165 e. The topological polar surface area (TPSA) is 39.1 Å². The molecule has 5 heteroatoms. The van der Waals surface area contributed by atoms with Crippen LogP contribution in [0.3, 0.4) is 0 Å². The Morgan fingerprint density at radius 1 is 1.38 bits per heavy atom. The quantitative estimate of drug-likeness (QED) is 0.889. The Kier molecular flexibility index (Phi) is 4.96. The summed E-state index contributed by atoms with van der Waals surface area (Å²) < 4.78 is 20.6. The molecule has 1 unspecified atom stereocenters. The molecule has 0 aliphatic carbocycles. The van der Waals surface area contributed by atoms with E-state index in [1.54, 1.807) is 12.1 Å². The molecule has 0 fully saturated rings. The summed E-state index contributed by atoms with van der Waals surface area (Å²) >= 11 is 0. The Bertz CT molecular complexity index is 610. The number of nitrogens with zero attached hydrogens (tertiary/aromatic N) is 2. The van der Waals surface area contributed by atoms with Gasteiger partial charge < -0.3 is 10.1 Å². The van der Waals surface area contributed by atoms with Crippen molar-refractivity contribution in [2.75, 3.05) is 14.2 Å².